The van der Waals surface area contributed by atoms with Crippen LogP contribution in [-0.4, -0.2) is 36.6 Å². The lowest BCUT2D eigenvalue weighted by molar-refractivity contribution is 0.211. The van der Waals surface area contributed by atoms with Crippen LogP contribution in [0.5, 0.6) is 0 Å². The fourth-order valence-electron chi connectivity index (χ4n) is 1.33. The minimum absolute atomic E-state index is 0.218. The van der Waals surface area contributed by atoms with Gasteiger partial charge in [-0.05, 0) is 13.0 Å². The Hall–Kier alpha value is 0.210. The summed E-state index contributed by atoms with van der Waals surface area (Å²) >= 11 is 6.08. The predicted octanol–water partition coefficient (Wildman–Crippen LogP) is 1.26. The summed E-state index contributed by atoms with van der Waals surface area (Å²) in [5, 5.41) is 3.27. The maximum Gasteiger partial charge on any atom is 0.0976 e. The molecule has 1 aliphatic rings. The zero-order valence-corrected chi connectivity index (χ0v) is 7.90. The molecule has 0 bridgehead atoms. The molecule has 0 aromatic heterocycles. The molecule has 1 unspecified atom stereocenters. The lowest BCUT2D eigenvalue weighted by Crippen LogP contribution is -2.48. The Kier molecular flexibility index (Phi) is 4.20. The second-order valence-corrected chi connectivity index (χ2v) is 3.53. The van der Waals surface area contributed by atoms with Crippen molar-refractivity contribution in [3.63, 3.8) is 0 Å². The normalized spacial score (nSPS) is 27.3. The number of nitrogens with one attached hydrogen (secondary N) is 1. The molecule has 0 aromatic rings. The molecule has 11 heavy (non-hydrogen) atoms. The van der Waals surface area contributed by atoms with Crippen molar-refractivity contribution in [1.82, 2.24) is 10.2 Å². The summed E-state index contributed by atoms with van der Waals surface area (Å²) in [6.45, 7) is 6.50. The molecular formula is C8H17ClN2. The maximum atomic E-state index is 6.08. The van der Waals surface area contributed by atoms with Crippen LogP contribution >= 0.6 is 11.6 Å². The van der Waals surface area contributed by atoms with E-state index in [1.807, 2.05) is 0 Å². The molecule has 3 heteroatoms. The van der Waals surface area contributed by atoms with Crippen LogP contribution in [0.2, 0.25) is 0 Å². The lowest BCUT2D eigenvalue weighted by atomic mass is 10.3. The molecule has 0 saturated carbocycles. The molecule has 0 amide bonds. The molecule has 1 rings (SSSR count). The fourth-order valence-corrected chi connectivity index (χ4v) is 1.63. The molecule has 1 heterocycles. The molecule has 0 aromatic carbocycles. The molecule has 1 saturated heterocycles. The molecule has 2 nitrogen and oxygen atoms in total. The van der Waals surface area contributed by atoms with Gasteiger partial charge in [-0.3, -0.25) is 4.90 Å². The van der Waals surface area contributed by atoms with Crippen LogP contribution in [0, 0.1) is 0 Å². The Morgan fingerprint density at radius 2 is 2.45 bits per heavy atom. The summed E-state index contributed by atoms with van der Waals surface area (Å²) in [7, 11) is 0. The number of hydrogen-bond acceptors (Lipinski definition) is 2. The molecule has 1 atom stereocenters. The number of halogens is 1. The third kappa shape index (κ3) is 2.97. The van der Waals surface area contributed by atoms with E-state index in [2.05, 4.69) is 17.1 Å². The first kappa shape index (κ1) is 9.30. The highest BCUT2D eigenvalue weighted by atomic mass is 35.5. The molecule has 1 aliphatic heterocycles. The second kappa shape index (κ2) is 4.96. The second-order valence-electron chi connectivity index (χ2n) is 3.03. The molecule has 0 aliphatic carbocycles. The minimum Gasteiger partial charge on any atom is -0.313 e. The average Bonchev–Trinajstić information content (AvgIpc) is 2.03. The minimum atomic E-state index is 0.218. The van der Waals surface area contributed by atoms with Crippen LogP contribution in [-0.2, 0) is 0 Å². The van der Waals surface area contributed by atoms with Gasteiger partial charge in [-0.1, -0.05) is 13.3 Å². The van der Waals surface area contributed by atoms with Gasteiger partial charge in [-0.15, -0.1) is 11.6 Å². The summed E-state index contributed by atoms with van der Waals surface area (Å²) in [5.74, 6) is 0. The van der Waals surface area contributed by atoms with Crippen LogP contribution in [0.3, 0.4) is 0 Å². The lowest BCUT2D eigenvalue weighted by Gasteiger charge is -2.31. The van der Waals surface area contributed by atoms with Gasteiger partial charge in [0.05, 0.1) is 5.50 Å². The van der Waals surface area contributed by atoms with Gasteiger partial charge in [0.15, 0.2) is 0 Å². The van der Waals surface area contributed by atoms with Crippen molar-refractivity contribution in [3.8, 4) is 0 Å². The largest absolute Gasteiger partial charge is 0.313 e. The number of alkyl halides is 1. The SMILES string of the molecule is CCCCN1CCNCC1Cl. The van der Waals surface area contributed by atoms with Gasteiger partial charge < -0.3 is 5.32 Å². The summed E-state index contributed by atoms with van der Waals surface area (Å²) in [6, 6.07) is 0. The first-order valence-electron chi connectivity index (χ1n) is 4.43. The quantitative estimate of drug-likeness (QED) is 0.515. The van der Waals surface area contributed by atoms with Gasteiger partial charge in [0.1, 0.15) is 0 Å². The van der Waals surface area contributed by atoms with E-state index in [1.165, 1.54) is 12.8 Å². The maximum absolute atomic E-state index is 6.08. The molecule has 1 fully saturated rings. The van der Waals surface area contributed by atoms with E-state index < -0.39 is 0 Å². The first-order valence-corrected chi connectivity index (χ1v) is 4.87. The van der Waals surface area contributed by atoms with Gasteiger partial charge in [0.25, 0.3) is 0 Å². The van der Waals surface area contributed by atoms with E-state index in [1.54, 1.807) is 0 Å². The Morgan fingerprint density at radius 3 is 3.09 bits per heavy atom. The third-order valence-electron chi connectivity index (χ3n) is 2.08. The number of unbranched alkanes of at least 4 members (excludes halogenated alkanes) is 1. The van der Waals surface area contributed by atoms with Crippen LogP contribution in [0.4, 0.5) is 0 Å². The number of nitrogens with zero attached hydrogens (tertiary/aromatic N) is 1. The number of rotatable bonds is 3. The van der Waals surface area contributed by atoms with Crippen molar-refractivity contribution in [2.45, 2.75) is 25.3 Å². The van der Waals surface area contributed by atoms with E-state index >= 15 is 0 Å². The van der Waals surface area contributed by atoms with Crippen molar-refractivity contribution in [2.75, 3.05) is 26.2 Å². The van der Waals surface area contributed by atoms with E-state index in [0.29, 0.717) is 0 Å². The van der Waals surface area contributed by atoms with Crippen LogP contribution in [0.15, 0.2) is 0 Å². The van der Waals surface area contributed by atoms with E-state index in [4.69, 9.17) is 11.6 Å². The van der Waals surface area contributed by atoms with Gasteiger partial charge >= 0.3 is 0 Å². The predicted molar refractivity (Wildman–Crippen MR) is 49.0 cm³/mol. The highest BCUT2D eigenvalue weighted by molar-refractivity contribution is 6.20. The molecule has 0 spiro atoms. The smallest absolute Gasteiger partial charge is 0.0976 e. The Labute approximate surface area is 73.9 Å². The number of piperazine rings is 1. The van der Waals surface area contributed by atoms with Gasteiger partial charge in [-0.25, -0.2) is 0 Å². The van der Waals surface area contributed by atoms with E-state index in [0.717, 1.165) is 26.2 Å². The molecule has 1 N–H and O–H groups in total. The number of hydrogen-bond donors (Lipinski definition) is 1. The van der Waals surface area contributed by atoms with Crippen molar-refractivity contribution >= 4 is 11.6 Å². The Balaban J connectivity index is 2.18. The highest BCUT2D eigenvalue weighted by Gasteiger charge is 2.17. The van der Waals surface area contributed by atoms with Crippen LogP contribution in [0.25, 0.3) is 0 Å². The van der Waals surface area contributed by atoms with Crippen molar-refractivity contribution in [3.05, 3.63) is 0 Å². The first-order chi connectivity index (χ1) is 5.34. The van der Waals surface area contributed by atoms with Crippen molar-refractivity contribution in [2.24, 2.45) is 0 Å². The zero-order valence-electron chi connectivity index (χ0n) is 7.15. The van der Waals surface area contributed by atoms with Crippen LogP contribution in [0.1, 0.15) is 19.8 Å². The Morgan fingerprint density at radius 1 is 1.64 bits per heavy atom. The molecule has 0 radical (unpaired) electrons. The monoisotopic (exact) mass is 176 g/mol. The average molecular weight is 177 g/mol. The summed E-state index contributed by atoms with van der Waals surface area (Å²) in [6.07, 6.45) is 2.52. The van der Waals surface area contributed by atoms with Gasteiger partial charge in [0, 0.05) is 19.6 Å². The molecule has 66 valence electrons. The third-order valence-corrected chi connectivity index (χ3v) is 2.51. The van der Waals surface area contributed by atoms with Crippen molar-refractivity contribution in [1.29, 1.82) is 0 Å². The summed E-state index contributed by atoms with van der Waals surface area (Å²) < 4.78 is 0. The standard InChI is InChI=1S/C8H17ClN2/c1-2-3-5-11-6-4-10-7-8(11)9/h8,10H,2-7H2,1H3. The summed E-state index contributed by atoms with van der Waals surface area (Å²) in [5.41, 5.74) is 0.218. The van der Waals surface area contributed by atoms with Crippen molar-refractivity contribution < 1.29 is 0 Å². The highest BCUT2D eigenvalue weighted by Crippen LogP contribution is 2.08. The van der Waals surface area contributed by atoms with Gasteiger partial charge in [0.2, 0.25) is 0 Å². The van der Waals surface area contributed by atoms with Gasteiger partial charge in [-0.2, -0.15) is 0 Å². The molecular weight excluding hydrogens is 160 g/mol. The summed E-state index contributed by atoms with van der Waals surface area (Å²) in [4.78, 5) is 2.35. The fraction of sp³-hybridized carbons (Fsp3) is 1.00. The zero-order chi connectivity index (χ0) is 8.10. The van der Waals surface area contributed by atoms with E-state index in [-0.39, 0.29) is 5.50 Å². The topological polar surface area (TPSA) is 15.3 Å². The van der Waals surface area contributed by atoms with E-state index in [9.17, 15) is 0 Å². The Bertz CT molecular complexity index is 108. The van der Waals surface area contributed by atoms with Crippen LogP contribution < -0.4 is 5.32 Å².